The zero-order chi connectivity index (χ0) is 42.3. The first-order valence-corrected chi connectivity index (χ1v) is 17.3. The summed E-state index contributed by atoms with van der Waals surface area (Å²) < 4.78 is 81.0. The molecule has 0 N–H and O–H groups in total. The second-order valence-corrected chi connectivity index (χ2v) is 12.9. The molecular formula is C52H34. The van der Waals surface area contributed by atoms with Crippen LogP contribution in [0.3, 0.4) is 0 Å². The molecule has 0 aliphatic heterocycles. The van der Waals surface area contributed by atoms with E-state index in [9.17, 15) is 2.74 Å². The fraction of sp³-hybridized carbons (Fsp3) is 0. The molecule has 0 saturated heterocycles. The van der Waals surface area contributed by atoms with Crippen molar-refractivity contribution in [2.24, 2.45) is 0 Å². The number of fused-ring (bicyclic) bond motifs is 5. The molecule has 0 amide bonds. The van der Waals surface area contributed by atoms with Crippen LogP contribution in [0.1, 0.15) is 12.3 Å². The summed E-state index contributed by atoms with van der Waals surface area (Å²) in [5.74, 6) is 0. The van der Waals surface area contributed by atoms with Crippen LogP contribution >= 0.6 is 0 Å². The summed E-state index contributed by atoms with van der Waals surface area (Å²) in [4.78, 5) is 0. The van der Waals surface area contributed by atoms with Crippen LogP contribution in [0.5, 0.6) is 0 Å². The number of rotatable bonds is 5. The van der Waals surface area contributed by atoms with Gasteiger partial charge in [-0.05, 0) is 117 Å². The summed E-state index contributed by atoms with van der Waals surface area (Å²) in [6.45, 7) is 0. The van der Waals surface area contributed by atoms with Crippen LogP contribution in [0.15, 0.2) is 206 Å². The van der Waals surface area contributed by atoms with Gasteiger partial charge in [0.15, 0.2) is 0 Å². The first kappa shape index (κ1) is 22.1. The maximum absolute atomic E-state index is 9.68. The summed E-state index contributed by atoms with van der Waals surface area (Å²) >= 11 is 0. The van der Waals surface area contributed by atoms with E-state index >= 15 is 0 Å². The van der Waals surface area contributed by atoms with Crippen LogP contribution in [0, 0.1) is 0 Å². The van der Waals surface area contributed by atoms with E-state index < -0.39 is 42.3 Å². The molecule has 0 heterocycles. The minimum absolute atomic E-state index is 0.0702. The highest BCUT2D eigenvalue weighted by atomic mass is 14.3. The van der Waals surface area contributed by atoms with Gasteiger partial charge in [0.05, 0.1) is 12.3 Å². The van der Waals surface area contributed by atoms with Gasteiger partial charge in [0.2, 0.25) is 0 Å². The Morgan fingerprint density at radius 3 is 1.38 bits per heavy atom. The van der Waals surface area contributed by atoms with Crippen molar-refractivity contribution in [3.8, 4) is 55.6 Å². The smallest absolute Gasteiger partial charge is 0.0622 e. The van der Waals surface area contributed by atoms with E-state index in [2.05, 4.69) is 54.6 Å². The van der Waals surface area contributed by atoms with Crippen molar-refractivity contribution in [1.82, 2.24) is 0 Å². The summed E-state index contributed by atoms with van der Waals surface area (Å²) in [7, 11) is 0. The monoisotopic (exact) mass is 667 g/mol. The summed E-state index contributed by atoms with van der Waals surface area (Å²) in [6, 6.07) is 46.5. The predicted molar refractivity (Wildman–Crippen MR) is 224 cm³/mol. The Kier molecular flexibility index (Phi) is 5.34. The molecule has 0 aliphatic carbocycles. The van der Waals surface area contributed by atoms with E-state index in [0.29, 0.717) is 16.3 Å². The Bertz CT molecular complexity index is 3360. The van der Waals surface area contributed by atoms with Gasteiger partial charge in [-0.2, -0.15) is 0 Å². The number of hydrogen-bond donors (Lipinski definition) is 0. The molecule has 0 aliphatic rings. The molecule has 0 saturated carbocycles. The summed E-state index contributed by atoms with van der Waals surface area (Å²) in [6.07, 6.45) is 0. The molecule has 52 heavy (non-hydrogen) atoms. The third-order valence-corrected chi connectivity index (χ3v) is 10.0. The van der Waals surface area contributed by atoms with Crippen LogP contribution in [0.25, 0.3) is 98.7 Å². The van der Waals surface area contributed by atoms with Crippen LogP contribution in [-0.2, 0) is 0 Å². The van der Waals surface area contributed by atoms with Crippen molar-refractivity contribution in [2.45, 2.75) is 0 Å². The van der Waals surface area contributed by atoms with Gasteiger partial charge in [0.25, 0.3) is 0 Å². The molecule has 0 nitrogen and oxygen atoms in total. The molecule has 10 aromatic rings. The largest absolute Gasteiger partial charge is 0.0629 e. The van der Waals surface area contributed by atoms with Gasteiger partial charge in [-0.25, -0.2) is 0 Å². The van der Waals surface area contributed by atoms with Gasteiger partial charge in [-0.1, -0.05) is 188 Å². The van der Waals surface area contributed by atoms with E-state index in [0.717, 1.165) is 60.5 Å². The van der Waals surface area contributed by atoms with Gasteiger partial charge in [0.1, 0.15) is 0 Å². The Morgan fingerprint density at radius 2 is 0.750 bits per heavy atom. The van der Waals surface area contributed by atoms with E-state index in [1.54, 1.807) is 12.1 Å². The van der Waals surface area contributed by atoms with Crippen LogP contribution in [0.2, 0.25) is 0 Å². The third kappa shape index (κ3) is 4.92. The molecule has 0 atom stereocenters. The van der Waals surface area contributed by atoms with Gasteiger partial charge >= 0.3 is 0 Å². The molecule has 0 fully saturated rings. The lowest BCUT2D eigenvalue weighted by molar-refractivity contribution is 1.57. The van der Waals surface area contributed by atoms with Crippen LogP contribution in [0.4, 0.5) is 0 Å². The van der Waals surface area contributed by atoms with Crippen LogP contribution < -0.4 is 0 Å². The molecule has 0 bridgehead atoms. The van der Waals surface area contributed by atoms with Crippen molar-refractivity contribution in [1.29, 1.82) is 0 Å². The van der Waals surface area contributed by atoms with Gasteiger partial charge < -0.3 is 0 Å². The van der Waals surface area contributed by atoms with E-state index in [4.69, 9.17) is 9.60 Å². The molecule has 10 aromatic carbocycles. The second-order valence-electron chi connectivity index (χ2n) is 12.9. The van der Waals surface area contributed by atoms with Gasteiger partial charge in [-0.15, -0.1) is 0 Å². The predicted octanol–water partition coefficient (Wildman–Crippen LogP) is 14.6. The fourth-order valence-corrected chi connectivity index (χ4v) is 7.82. The Hall–Kier alpha value is -6.76. The first-order valence-electron chi connectivity index (χ1n) is 21.8. The molecule has 0 spiro atoms. The van der Waals surface area contributed by atoms with Crippen molar-refractivity contribution < 1.29 is 12.3 Å². The molecular weight excluding hydrogens is 625 g/mol. The maximum Gasteiger partial charge on any atom is 0.0629 e. The number of hydrogen-bond acceptors (Lipinski definition) is 0. The molecule has 0 heteroatoms. The quantitative estimate of drug-likeness (QED) is 0.127. The lowest BCUT2D eigenvalue weighted by Gasteiger charge is -2.24. The van der Waals surface area contributed by atoms with Crippen molar-refractivity contribution in [2.75, 3.05) is 0 Å². The van der Waals surface area contributed by atoms with Crippen molar-refractivity contribution in [3.63, 3.8) is 0 Å². The average Bonchev–Trinajstić information content (AvgIpc) is 3.31. The second kappa shape index (κ2) is 12.5. The highest BCUT2D eigenvalue weighted by Crippen LogP contribution is 2.51. The summed E-state index contributed by atoms with van der Waals surface area (Å²) in [5.41, 5.74) is 6.69. The normalized spacial score (nSPS) is 13.9. The van der Waals surface area contributed by atoms with Crippen molar-refractivity contribution in [3.05, 3.63) is 206 Å². The molecule has 0 aromatic heterocycles. The SMILES string of the molecule is [2H]c1c([2H])c([2H])c(-c2c3ccccc3c(-c3c(-c4ccccc4)cc(-c4cc5ccccc5c5ccccc45)cc3-c3ccccc3)c3c([2H])c([2H])c([2H])c([2H])c23)c([2H])c1[2H]. The van der Waals surface area contributed by atoms with Crippen molar-refractivity contribution >= 4 is 43.1 Å². The molecule has 10 rings (SSSR count). The van der Waals surface area contributed by atoms with Gasteiger partial charge in [0, 0.05) is 0 Å². The zero-order valence-electron chi connectivity index (χ0n) is 36.9. The Labute approximate surface area is 316 Å². The lowest BCUT2D eigenvalue weighted by Crippen LogP contribution is -1.97. The zero-order valence-corrected chi connectivity index (χ0v) is 27.9. The Balaban J connectivity index is 1.46. The van der Waals surface area contributed by atoms with Crippen LogP contribution in [-0.4, -0.2) is 0 Å². The average molecular weight is 668 g/mol. The minimum Gasteiger partial charge on any atom is -0.0622 e. The standard InChI is InChI=1S/C52H34/c1-4-18-35(19-5-1)48-33-39(47-32-38-24-10-11-25-40(38)41-26-12-13-27-42(41)47)34-49(36-20-6-2-7-21-36)52(48)51-45-30-16-14-28-43(45)50(37-22-8-3-9-23-37)44-29-15-17-31-46(44)51/h1-34H/i3D,8D,9D,14D,16D,22D,23D,28D,30D. The minimum atomic E-state index is -0.551. The van der Waals surface area contributed by atoms with Gasteiger partial charge in [-0.3, -0.25) is 0 Å². The summed E-state index contributed by atoms with van der Waals surface area (Å²) in [5, 5.41) is 5.79. The maximum atomic E-state index is 9.68. The first-order chi connectivity index (χ1) is 29.6. The topological polar surface area (TPSA) is 0 Å². The fourth-order valence-electron chi connectivity index (χ4n) is 7.82. The highest BCUT2D eigenvalue weighted by molar-refractivity contribution is 6.24. The number of benzene rings is 10. The highest BCUT2D eigenvalue weighted by Gasteiger charge is 2.23. The molecule has 0 radical (unpaired) electrons. The lowest BCUT2D eigenvalue weighted by atomic mass is 9.79. The van der Waals surface area contributed by atoms with E-state index in [1.165, 1.54) is 0 Å². The molecule has 0 unspecified atom stereocenters. The molecule has 242 valence electrons. The Morgan fingerprint density at radius 1 is 0.269 bits per heavy atom. The van der Waals surface area contributed by atoms with E-state index in [1.807, 2.05) is 84.9 Å². The van der Waals surface area contributed by atoms with E-state index in [-0.39, 0.29) is 34.0 Å². The third-order valence-electron chi connectivity index (χ3n) is 10.0.